The van der Waals surface area contributed by atoms with Gasteiger partial charge < -0.3 is 14.6 Å². The Morgan fingerprint density at radius 3 is 2.88 bits per heavy atom. The molecule has 0 radical (unpaired) electrons. The Bertz CT molecular complexity index is 400. The summed E-state index contributed by atoms with van der Waals surface area (Å²) in [5, 5.41) is 3.07. The van der Waals surface area contributed by atoms with Crippen LogP contribution in [0.5, 0.6) is 0 Å². The molecule has 2 atom stereocenters. The van der Waals surface area contributed by atoms with Gasteiger partial charge in [0.25, 0.3) is 0 Å². The molecule has 17 heavy (non-hydrogen) atoms. The van der Waals surface area contributed by atoms with Crippen molar-refractivity contribution >= 4 is 5.91 Å². The summed E-state index contributed by atoms with van der Waals surface area (Å²) in [7, 11) is 1.84. The lowest BCUT2D eigenvalue weighted by Crippen LogP contribution is -2.50. The van der Waals surface area contributed by atoms with Gasteiger partial charge in [-0.05, 0) is 45.9 Å². The van der Waals surface area contributed by atoms with E-state index in [0.29, 0.717) is 0 Å². The molecule has 4 nitrogen and oxygen atoms in total. The summed E-state index contributed by atoms with van der Waals surface area (Å²) >= 11 is 0. The van der Waals surface area contributed by atoms with Gasteiger partial charge in [-0.2, -0.15) is 0 Å². The Labute approximate surface area is 102 Å². The maximum Gasteiger partial charge on any atom is 0.240 e. The van der Waals surface area contributed by atoms with Gasteiger partial charge in [0.05, 0.1) is 12.1 Å². The number of aryl methyl sites for hydroxylation is 1. The quantitative estimate of drug-likeness (QED) is 0.871. The van der Waals surface area contributed by atoms with E-state index in [2.05, 4.69) is 5.32 Å². The Morgan fingerprint density at radius 1 is 1.53 bits per heavy atom. The molecule has 0 spiro atoms. The number of piperidine rings is 1. The molecule has 0 aliphatic carbocycles. The van der Waals surface area contributed by atoms with Crippen molar-refractivity contribution < 1.29 is 9.21 Å². The second kappa shape index (κ2) is 4.92. The predicted octanol–water partition coefficient (Wildman–Crippen LogP) is 1.86. The minimum atomic E-state index is -0.0396. The molecule has 2 heterocycles. The number of amides is 1. The first-order valence-electron chi connectivity index (χ1n) is 6.17. The van der Waals surface area contributed by atoms with E-state index in [1.165, 1.54) is 0 Å². The summed E-state index contributed by atoms with van der Waals surface area (Å²) in [6, 6.07) is 3.88. The Hall–Kier alpha value is -1.29. The molecule has 1 saturated heterocycles. The number of hydrogen-bond donors (Lipinski definition) is 1. The number of carbonyl (C=O) groups excluding carboxylic acids is 1. The van der Waals surface area contributed by atoms with Crippen LogP contribution in [0.3, 0.4) is 0 Å². The van der Waals surface area contributed by atoms with Crippen LogP contribution in [0.15, 0.2) is 16.5 Å². The molecule has 0 bridgehead atoms. The summed E-state index contributed by atoms with van der Waals surface area (Å²) in [6.07, 6.45) is 1.97. The molecular formula is C13H20N2O2. The fraction of sp³-hybridized carbons (Fsp3) is 0.615. The van der Waals surface area contributed by atoms with E-state index in [0.717, 1.165) is 30.9 Å². The van der Waals surface area contributed by atoms with Crippen molar-refractivity contribution in [3.63, 3.8) is 0 Å². The fourth-order valence-corrected chi connectivity index (χ4v) is 2.38. The molecule has 94 valence electrons. The van der Waals surface area contributed by atoms with Gasteiger partial charge in [-0.15, -0.1) is 0 Å². The zero-order valence-corrected chi connectivity index (χ0v) is 10.7. The smallest absolute Gasteiger partial charge is 0.240 e. The highest BCUT2D eigenvalue weighted by Gasteiger charge is 2.31. The van der Waals surface area contributed by atoms with Crippen LogP contribution in [0.2, 0.25) is 0 Å². The third kappa shape index (κ3) is 2.36. The van der Waals surface area contributed by atoms with Gasteiger partial charge in [0.1, 0.15) is 11.5 Å². The van der Waals surface area contributed by atoms with Crippen LogP contribution < -0.4 is 5.32 Å². The maximum atomic E-state index is 12.2. The van der Waals surface area contributed by atoms with E-state index in [9.17, 15) is 4.79 Å². The van der Waals surface area contributed by atoms with Crippen LogP contribution in [0.1, 0.15) is 37.3 Å². The average Bonchev–Trinajstić information content (AvgIpc) is 2.75. The van der Waals surface area contributed by atoms with Gasteiger partial charge in [-0.1, -0.05) is 0 Å². The summed E-state index contributed by atoms with van der Waals surface area (Å²) in [4.78, 5) is 14.1. The van der Waals surface area contributed by atoms with Gasteiger partial charge in [-0.3, -0.25) is 4.79 Å². The topological polar surface area (TPSA) is 45.5 Å². The second-order valence-electron chi connectivity index (χ2n) is 4.64. The molecule has 1 aromatic rings. The molecule has 4 heteroatoms. The van der Waals surface area contributed by atoms with Crippen molar-refractivity contribution in [1.29, 1.82) is 0 Å². The summed E-state index contributed by atoms with van der Waals surface area (Å²) in [5.41, 5.74) is 0. The monoisotopic (exact) mass is 236 g/mol. The first kappa shape index (κ1) is 12.2. The molecule has 1 aromatic heterocycles. The van der Waals surface area contributed by atoms with E-state index < -0.39 is 0 Å². The fourth-order valence-electron chi connectivity index (χ4n) is 2.38. The molecular weight excluding hydrogens is 216 g/mol. The predicted molar refractivity (Wildman–Crippen MR) is 65.7 cm³/mol. The lowest BCUT2D eigenvalue weighted by atomic mass is 10.0. The zero-order chi connectivity index (χ0) is 12.4. The highest BCUT2D eigenvalue weighted by atomic mass is 16.3. The van der Waals surface area contributed by atoms with Crippen LogP contribution in [0.4, 0.5) is 0 Å². The van der Waals surface area contributed by atoms with E-state index in [1.54, 1.807) is 0 Å². The number of likely N-dealkylation sites (tertiary alicyclic amines) is 1. The second-order valence-corrected chi connectivity index (χ2v) is 4.64. The van der Waals surface area contributed by atoms with Crippen LogP contribution in [-0.2, 0) is 4.79 Å². The molecule has 2 unspecified atom stereocenters. The molecule has 0 saturated carbocycles. The van der Waals surface area contributed by atoms with Gasteiger partial charge in [0, 0.05) is 6.54 Å². The zero-order valence-electron chi connectivity index (χ0n) is 10.7. The number of carbonyl (C=O) groups is 1. The maximum absolute atomic E-state index is 12.2. The normalized spacial score (nSPS) is 22.9. The number of hydrogen-bond acceptors (Lipinski definition) is 3. The molecule has 1 fully saturated rings. The third-order valence-electron chi connectivity index (χ3n) is 3.46. The Morgan fingerprint density at radius 2 is 2.29 bits per heavy atom. The summed E-state index contributed by atoms with van der Waals surface area (Å²) in [6.45, 7) is 4.76. The molecule has 1 aliphatic rings. The third-order valence-corrected chi connectivity index (χ3v) is 3.46. The summed E-state index contributed by atoms with van der Waals surface area (Å²) < 4.78 is 5.60. The molecule has 1 N–H and O–H groups in total. The lowest BCUT2D eigenvalue weighted by Gasteiger charge is -2.35. The van der Waals surface area contributed by atoms with E-state index in [1.807, 2.05) is 37.9 Å². The standard InChI is InChI=1S/C13H20N2O2/c1-9-6-7-12(17-9)10(2)15-8-4-5-11(14-3)13(15)16/h6-7,10-11,14H,4-5,8H2,1-3H3. The highest BCUT2D eigenvalue weighted by molar-refractivity contribution is 5.82. The Balaban J connectivity index is 2.13. The van der Waals surface area contributed by atoms with E-state index >= 15 is 0 Å². The van der Waals surface area contributed by atoms with Crippen molar-refractivity contribution in [2.75, 3.05) is 13.6 Å². The average molecular weight is 236 g/mol. The van der Waals surface area contributed by atoms with Crippen molar-refractivity contribution in [1.82, 2.24) is 10.2 Å². The van der Waals surface area contributed by atoms with E-state index in [4.69, 9.17) is 4.42 Å². The number of likely N-dealkylation sites (N-methyl/N-ethyl adjacent to an activating group) is 1. The lowest BCUT2D eigenvalue weighted by molar-refractivity contribution is -0.138. The number of nitrogens with zero attached hydrogens (tertiary/aromatic N) is 1. The highest BCUT2D eigenvalue weighted by Crippen LogP contribution is 2.26. The van der Waals surface area contributed by atoms with Crippen molar-refractivity contribution in [3.05, 3.63) is 23.7 Å². The minimum Gasteiger partial charge on any atom is -0.464 e. The molecule has 0 aromatic carbocycles. The van der Waals surface area contributed by atoms with Crippen LogP contribution in [0.25, 0.3) is 0 Å². The van der Waals surface area contributed by atoms with Gasteiger partial charge in [0.15, 0.2) is 0 Å². The van der Waals surface area contributed by atoms with Gasteiger partial charge >= 0.3 is 0 Å². The molecule has 2 rings (SSSR count). The van der Waals surface area contributed by atoms with Crippen LogP contribution in [0, 0.1) is 6.92 Å². The number of rotatable bonds is 3. The molecule has 1 amide bonds. The minimum absolute atomic E-state index is 0.0207. The number of furan rings is 1. The van der Waals surface area contributed by atoms with Crippen molar-refractivity contribution in [3.8, 4) is 0 Å². The Kier molecular flexibility index (Phi) is 3.52. The van der Waals surface area contributed by atoms with Crippen molar-refractivity contribution in [2.24, 2.45) is 0 Å². The largest absolute Gasteiger partial charge is 0.464 e. The van der Waals surface area contributed by atoms with Crippen LogP contribution >= 0.6 is 0 Å². The van der Waals surface area contributed by atoms with Crippen LogP contribution in [-0.4, -0.2) is 30.4 Å². The first-order valence-corrected chi connectivity index (χ1v) is 6.17. The van der Waals surface area contributed by atoms with Gasteiger partial charge in [0.2, 0.25) is 5.91 Å². The van der Waals surface area contributed by atoms with Gasteiger partial charge in [-0.25, -0.2) is 0 Å². The summed E-state index contributed by atoms with van der Waals surface area (Å²) in [5.74, 6) is 1.94. The first-order chi connectivity index (χ1) is 8.13. The van der Waals surface area contributed by atoms with Crippen molar-refractivity contribution in [2.45, 2.75) is 38.8 Å². The SMILES string of the molecule is CNC1CCCN(C(C)c2ccc(C)o2)C1=O. The van der Waals surface area contributed by atoms with E-state index in [-0.39, 0.29) is 18.0 Å². The number of nitrogens with one attached hydrogen (secondary N) is 1. The molecule has 1 aliphatic heterocycles.